The molecule has 0 aliphatic carbocycles. The molecule has 1 unspecified atom stereocenters. The predicted molar refractivity (Wildman–Crippen MR) is 110 cm³/mol. The van der Waals surface area contributed by atoms with Crippen molar-refractivity contribution in [2.75, 3.05) is 26.2 Å². The fourth-order valence-corrected chi connectivity index (χ4v) is 4.53. The number of ether oxygens (including phenoxy) is 1. The predicted octanol–water partition coefficient (Wildman–Crippen LogP) is 2.65. The van der Waals surface area contributed by atoms with Gasteiger partial charge in [-0.15, -0.1) is 0 Å². The van der Waals surface area contributed by atoms with Gasteiger partial charge in [0.15, 0.2) is 0 Å². The number of nitrogens with zero attached hydrogens (tertiary/aromatic N) is 4. The van der Waals surface area contributed by atoms with E-state index in [-0.39, 0.29) is 6.03 Å². The first-order chi connectivity index (χ1) is 14.1. The summed E-state index contributed by atoms with van der Waals surface area (Å²) in [5.41, 5.74) is 4.64. The molecule has 0 bridgehead atoms. The molecule has 2 amide bonds. The molecule has 2 aliphatic heterocycles. The van der Waals surface area contributed by atoms with Crippen LogP contribution in [0.25, 0.3) is 22.3 Å². The molecule has 29 heavy (non-hydrogen) atoms. The van der Waals surface area contributed by atoms with E-state index in [1.54, 1.807) is 0 Å². The van der Waals surface area contributed by atoms with Crippen molar-refractivity contribution in [3.8, 4) is 11.3 Å². The third-order valence-corrected chi connectivity index (χ3v) is 6.07. The quantitative estimate of drug-likeness (QED) is 0.715. The van der Waals surface area contributed by atoms with Crippen LogP contribution in [0.5, 0.6) is 0 Å². The Bertz CT molecular complexity index is 1070. The van der Waals surface area contributed by atoms with Crippen molar-refractivity contribution in [3.63, 3.8) is 0 Å². The number of H-pyrrole nitrogens is 1. The fourth-order valence-electron chi connectivity index (χ4n) is 4.53. The van der Waals surface area contributed by atoms with Gasteiger partial charge in [0, 0.05) is 42.9 Å². The van der Waals surface area contributed by atoms with E-state index in [0.717, 1.165) is 47.4 Å². The molecule has 2 N–H and O–H groups in total. The van der Waals surface area contributed by atoms with Gasteiger partial charge in [-0.3, -0.25) is 4.68 Å². The summed E-state index contributed by atoms with van der Waals surface area (Å²) in [5.74, 6) is 0. The second kappa shape index (κ2) is 6.88. The van der Waals surface area contributed by atoms with Crippen LogP contribution in [0.15, 0.2) is 24.5 Å². The van der Waals surface area contributed by atoms with Crippen LogP contribution in [0.3, 0.4) is 0 Å². The second-order valence-corrected chi connectivity index (χ2v) is 7.78. The van der Waals surface area contributed by atoms with Gasteiger partial charge >= 0.3 is 6.03 Å². The number of nitrogens with one attached hydrogen (secondary N) is 2. The summed E-state index contributed by atoms with van der Waals surface area (Å²) in [6.45, 7) is 7.26. The smallest absolute Gasteiger partial charge is 0.317 e. The molecule has 1 saturated heterocycles. The molecule has 5 heterocycles. The third-order valence-electron chi connectivity index (χ3n) is 6.07. The van der Waals surface area contributed by atoms with Crippen LogP contribution < -0.4 is 5.32 Å². The molecule has 2 aliphatic rings. The van der Waals surface area contributed by atoms with E-state index >= 15 is 0 Å². The minimum Gasteiger partial charge on any atom is -0.365 e. The lowest BCUT2D eigenvalue weighted by molar-refractivity contribution is -0.0701. The minimum absolute atomic E-state index is 0.0287. The standard InChI is InChI=1S/C21H26N6O2/c1-3-14-11-23-19-16(14)9-15(12-24-19)17-10-18-21(29-8-7-27(18)25-17)5-6-26(13-21)20(28)22-4-2/h9-12H,3-8,13H2,1-2H3,(H,22,28)(H,23,24). The van der Waals surface area contributed by atoms with Crippen LogP contribution in [-0.4, -0.2) is 56.9 Å². The van der Waals surface area contributed by atoms with Gasteiger partial charge in [0.25, 0.3) is 0 Å². The Balaban J connectivity index is 1.50. The second-order valence-electron chi connectivity index (χ2n) is 7.78. The van der Waals surface area contributed by atoms with Gasteiger partial charge in [-0.05, 0) is 31.0 Å². The minimum atomic E-state index is -0.477. The summed E-state index contributed by atoms with van der Waals surface area (Å²) in [5, 5.41) is 8.89. The maximum Gasteiger partial charge on any atom is 0.317 e. The van der Waals surface area contributed by atoms with Crippen LogP contribution in [-0.2, 0) is 23.3 Å². The summed E-state index contributed by atoms with van der Waals surface area (Å²) < 4.78 is 8.30. The van der Waals surface area contributed by atoms with Crippen molar-refractivity contribution >= 4 is 17.1 Å². The van der Waals surface area contributed by atoms with Crippen LogP contribution in [0.4, 0.5) is 4.79 Å². The van der Waals surface area contributed by atoms with Gasteiger partial charge in [-0.2, -0.15) is 5.10 Å². The van der Waals surface area contributed by atoms with Crippen LogP contribution in [0.1, 0.15) is 31.5 Å². The Kier molecular flexibility index (Phi) is 4.31. The van der Waals surface area contributed by atoms with E-state index in [1.807, 2.05) is 28.9 Å². The third kappa shape index (κ3) is 2.90. The topological polar surface area (TPSA) is 88.1 Å². The summed E-state index contributed by atoms with van der Waals surface area (Å²) in [4.78, 5) is 21.9. The van der Waals surface area contributed by atoms with E-state index in [0.29, 0.717) is 26.2 Å². The number of hydrogen-bond donors (Lipinski definition) is 2. The molecule has 1 atom stereocenters. The number of carbonyl (C=O) groups excluding carboxylic acids is 1. The Labute approximate surface area is 169 Å². The summed E-state index contributed by atoms with van der Waals surface area (Å²) in [6, 6.07) is 4.25. The number of amides is 2. The van der Waals surface area contributed by atoms with Crippen molar-refractivity contribution in [1.82, 2.24) is 30.0 Å². The first-order valence-electron chi connectivity index (χ1n) is 10.3. The van der Waals surface area contributed by atoms with Crippen molar-refractivity contribution in [3.05, 3.63) is 35.8 Å². The van der Waals surface area contributed by atoms with Crippen LogP contribution >= 0.6 is 0 Å². The molecule has 1 fully saturated rings. The van der Waals surface area contributed by atoms with Gasteiger partial charge in [-0.1, -0.05) is 6.92 Å². The average molecular weight is 394 g/mol. The number of aromatic nitrogens is 4. The molecule has 0 saturated carbocycles. The monoisotopic (exact) mass is 394 g/mol. The van der Waals surface area contributed by atoms with Gasteiger partial charge in [-0.25, -0.2) is 9.78 Å². The number of carbonyl (C=O) groups is 1. The Morgan fingerprint density at radius 1 is 1.34 bits per heavy atom. The molecule has 8 nitrogen and oxygen atoms in total. The number of fused-ring (bicyclic) bond motifs is 3. The molecule has 5 rings (SSSR count). The van der Waals surface area contributed by atoms with Crippen LogP contribution in [0.2, 0.25) is 0 Å². The molecule has 3 aromatic rings. The molecule has 152 valence electrons. The van der Waals surface area contributed by atoms with Crippen LogP contribution in [0, 0.1) is 0 Å². The summed E-state index contributed by atoms with van der Waals surface area (Å²) in [6.07, 6.45) is 5.63. The zero-order valence-corrected chi connectivity index (χ0v) is 16.9. The first kappa shape index (κ1) is 18.2. The van der Waals surface area contributed by atoms with Crippen molar-refractivity contribution in [1.29, 1.82) is 0 Å². The molecule has 1 spiro atoms. The number of aromatic amines is 1. The SMILES string of the molecule is CCNC(=O)N1CCC2(C1)OCCn1nc(-c3cnc4[nH]cc(CC)c4c3)cc12. The summed E-state index contributed by atoms with van der Waals surface area (Å²) in [7, 11) is 0. The van der Waals surface area contributed by atoms with E-state index in [1.165, 1.54) is 5.56 Å². The lowest BCUT2D eigenvalue weighted by Crippen LogP contribution is -2.44. The van der Waals surface area contributed by atoms with Crippen molar-refractivity contribution < 1.29 is 9.53 Å². The van der Waals surface area contributed by atoms with Gasteiger partial charge in [0.05, 0.1) is 31.1 Å². The highest BCUT2D eigenvalue weighted by Crippen LogP contribution is 2.40. The molecule has 0 radical (unpaired) electrons. The number of pyridine rings is 1. The van der Waals surface area contributed by atoms with E-state index in [4.69, 9.17) is 9.84 Å². The van der Waals surface area contributed by atoms with E-state index in [2.05, 4.69) is 34.3 Å². The maximum absolute atomic E-state index is 12.3. The Hall–Kier alpha value is -2.87. The Morgan fingerprint density at radius 3 is 3.07 bits per heavy atom. The number of urea groups is 1. The number of likely N-dealkylation sites (tertiary alicyclic amines) is 1. The first-order valence-corrected chi connectivity index (χ1v) is 10.3. The number of hydrogen-bond acceptors (Lipinski definition) is 4. The molecule has 0 aromatic carbocycles. The highest BCUT2D eigenvalue weighted by molar-refractivity contribution is 5.84. The fraction of sp³-hybridized carbons (Fsp3) is 0.476. The molecular weight excluding hydrogens is 368 g/mol. The highest BCUT2D eigenvalue weighted by Gasteiger charge is 2.46. The largest absolute Gasteiger partial charge is 0.365 e. The van der Waals surface area contributed by atoms with Gasteiger partial charge in [0.2, 0.25) is 0 Å². The van der Waals surface area contributed by atoms with Gasteiger partial charge in [0.1, 0.15) is 11.2 Å². The normalized spacial score (nSPS) is 21.1. The molecule has 8 heteroatoms. The lowest BCUT2D eigenvalue weighted by Gasteiger charge is -2.34. The average Bonchev–Trinajstić information content (AvgIpc) is 3.45. The highest BCUT2D eigenvalue weighted by atomic mass is 16.5. The van der Waals surface area contributed by atoms with E-state index in [9.17, 15) is 4.79 Å². The Morgan fingerprint density at radius 2 is 2.24 bits per heavy atom. The summed E-state index contributed by atoms with van der Waals surface area (Å²) >= 11 is 0. The van der Waals surface area contributed by atoms with Crippen molar-refractivity contribution in [2.45, 2.75) is 38.8 Å². The maximum atomic E-state index is 12.3. The van der Waals surface area contributed by atoms with Gasteiger partial charge < -0.3 is 19.9 Å². The van der Waals surface area contributed by atoms with Crippen molar-refractivity contribution in [2.24, 2.45) is 0 Å². The number of rotatable bonds is 3. The zero-order valence-electron chi connectivity index (χ0n) is 16.9. The zero-order chi connectivity index (χ0) is 20.0. The lowest BCUT2D eigenvalue weighted by atomic mass is 9.96. The molecular formula is C21H26N6O2. The van der Waals surface area contributed by atoms with E-state index < -0.39 is 5.60 Å². The molecule has 3 aromatic heterocycles. The number of aryl methyl sites for hydroxylation is 1.